The summed E-state index contributed by atoms with van der Waals surface area (Å²) in [5.74, 6) is 0.149. The van der Waals surface area contributed by atoms with Gasteiger partial charge in [-0.25, -0.2) is 9.78 Å². The fourth-order valence-electron chi connectivity index (χ4n) is 2.39. The van der Waals surface area contributed by atoms with E-state index in [2.05, 4.69) is 4.98 Å². The number of aromatic nitrogens is 1. The summed E-state index contributed by atoms with van der Waals surface area (Å²) < 4.78 is 5.75. The molecule has 0 unspecified atom stereocenters. The van der Waals surface area contributed by atoms with Crippen LogP contribution >= 0.6 is 11.3 Å². The van der Waals surface area contributed by atoms with Crippen LogP contribution in [-0.2, 0) is 4.74 Å². The Morgan fingerprint density at radius 2 is 1.62 bits per heavy atom. The maximum Gasteiger partial charge on any atom is 0.343 e. The highest BCUT2D eigenvalue weighted by Crippen LogP contribution is 2.25. The van der Waals surface area contributed by atoms with Gasteiger partial charge < -0.3 is 4.74 Å². The standard InChI is InChI=1S/C20H17NO2S/c1-14-7-3-5-9-16(14)18(13-19-21-11-12-24-19)23-20(22)17-10-6-4-8-15(17)2/h3-13H,1-2H3/b18-13+. The van der Waals surface area contributed by atoms with Gasteiger partial charge in [0.1, 0.15) is 10.8 Å². The molecule has 3 rings (SSSR count). The van der Waals surface area contributed by atoms with E-state index in [1.807, 2.05) is 67.8 Å². The zero-order valence-corrected chi connectivity index (χ0v) is 14.3. The molecule has 0 radical (unpaired) electrons. The van der Waals surface area contributed by atoms with Crippen molar-refractivity contribution in [1.82, 2.24) is 4.98 Å². The van der Waals surface area contributed by atoms with Crippen molar-refractivity contribution >= 4 is 29.1 Å². The minimum absolute atomic E-state index is 0.362. The minimum Gasteiger partial charge on any atom is -0.422 e. The number of ether oxygens (including phenoxy) is 1. The van der Waals surface area contributed by atoms with Crippen LogP contribution < -0.4 is 0 Å². The van der Waals surface area contributed by atoms with Crippen molar-refractivity contribution < 1.29 is 9.53 Å². The average Bonchev–Trinajstić information content (AvgIpc) is 3.08. The summed E-state index contributed by atoms with van der Waals surface area (Å²) in [6.45, 7) is 3.89. The molecule has 4 heteroatoms. The van der Waals surface area contributed by atoms with E-state index in [1.165, 1.54) is 11.3 Å². The molecule has 0 N–H and O–H groups in total. The molecule has 3 aromatic rings. The molecule has 0 aliphatic rings. The second kappa shape index (κ2) is 7.23. The molecular weight excluding hydrogens is 318 g/mol. The lowest BCUT2D eigenvalue weighted by Gasteiger charge is -2.12. The van der Waals surface area contributed by atoms with Crippen LogP contribution in [0.3, 0.4) is 0 Å². The first-order valence-corrected chi connectivity index (χ1v) is 8.48. The molecule has 0 saturated carbocycles. The third-order valence-corrected chi connectivity index (χ3v) is 4.41. The molecule has 0 fully saturated rings. The van der Waals surface area contributed by atoms with Crippen LogP contribution in [0.15, 0.2) is 60.1 Å². The summed E-state index contributed by atoms with van der Waals surface area (Å²) in [6.07, 6.45) is 3.54. The Kier molecular flexibility index (Phi) is 4.87. The molecule has 0 aliphatic heterocycles. The van der Waals surface area contributed by atoms with Crippen molar-refractivity contribution in [1.29, 1.82) is 0 Å². The number of carbonyl (C=O) groups is 1. The van der Waals surface area contributed by atoms with Crippen molar-refractivity contribution in [2.45, 2.75) is 13.8 Å². The summed E-state index contributed by atoms with van der Waals surface area (Å²) in [4.78, 5) is 16.9. The number of rotatable bonds is 4. The fourth-order valence-corrected chi connectivity index (χ4v) is 2.94. The Morgan fingerprint density at radius 1 is 1.00 bits per heavy atom. The van der Waals surface area contributed by atoms with Crippen LogP contribution in [0.2, 0.25) is 0 Å². The lowest BCUT2D eigenvalue weighted by Crippen LogP contribution is -2.07. The minimum atomic E-state index is -0.362. The van der Waals surface area contributed by atoms with Gasteiger partial charge in [-0.1, -0.05) is 42.5 Å². The number of nitrogens with zero attached hydrogens (tertiary/aromatic N) is 1. The van der Waals surface area contributed by atoms with Crippen molar-refractivity contribution in [2.24, 2.45) is 0 Å². The summed E-state index contributed by atoms with van der Waals surface area (Å²) in [7, 11) is 0. The number of aryl methyl sites for hydroxylation is 2. The second-order valence-electron chi connectivity index (χ2n) is 5.40. The highest BCUT2D eigenvalue weighted by atomic mass is 32.1. The van der Waals surface area contributed by atoms with Crippen molar-refractivity contribution in [2.75, 3.05) is 0 Å². The third-order valence-electron chi connectivity index (χ3n) is 3.68. The molecule has 120 valence electrons. The van der Waals surface area contributed by atoms with Gasteiger partial charge in [0.05, 0.1) is 5.56 Å². The number of carbonyl (C=O) groups excluding carboxylic acids is 1. The number of esters is 1. The van der Waals surface area contributed by atoms with Crippen LogP contribution in [0.5, 0.6) is 0 Å². The van der Waals surface area contributed by atoms with Gasteiger partial charge >= 0.3 is 5.97 Å². The molecule has 0 bridgehead atoms. The normalized spacial score (nSPS) is 11.3. The van der Waals surface area contributed by atoms with Crippen molar-refractivity contribution in [3.8, 4) is 0 Å². The zero-order valence-electron chi connectivity index (χ0n) is 13.5. The van der Waals surface area contributed by atoms with Gasteiger partial charge in [0.2, 0.25) is 0 Å². The predicted octanol–water partition coefficient (Wildman–Crippen LogP) is 5.12. The molecule has 0 aliphatic carbocycles. The average molecular weight is 335 g/mol. The number of benzene rings is 2. The van der Waals surface area contributed by atoms with Gasteiger partial charge in [0.15, 0.2) is 0 Å². The third kappa shape index (κ3) is 3.60. The quantitative estimate of drug-likeness (QED) is 0.491. The van der Waals surface area contributed by atoms with E-state index in [4.69, 9.17) is 4.74 Å². The SMILES string of the molecule is Cc1ccccc1C(=O)O/C(=C/c1nccs1)c1ccccc1C. The maximum absolute atomic E-state index is 12.6. The maximum atomic E-state index is 12.6. The summed E-state index contributed by atoms with van der Waals surface area (Å²) in [6, 6.07) is 15.2. The molecule has 0 saturated heterocycles. The van der Waals surface area contributed by atoms with Gasteiger partial charge in [0, 0.05) is 23.2 Å². The Hall–Kier alpha value is -2.72. The highest BCUT2D eigenvalue weighted by molar-refractivity contribution is 7.10. The molecular formula is C20H17NO2S. The summed E-state index contributed by atoms with van der Waals surface area (Å²) in [5, 5.41) is 2.69. The molecule has 0 spiro atoms. The Morgan fingerprint density at radius 3 is 2.21 bits per heavy atom. The van der Waals surface area contributed by atoms with Crippen LogP contribution in [-0.4, -0.2) is 11.0 Å². The Labute approximate surface area is 145 Å². The van der Waals surface area contributed by atoms with Gasteiger partial charge in [-0.15, -0.1) is 11.3 Å². The molecule has 24 heavy (non-hydrogen) atoms. The lowest BCUT2D eigenvalue weighted by atomic mass is 10.1. The fraction of sp³-hybridized carbons (Fsp3) is 0.100. The predicted molar refractivity (Wildman–Crippen MR) is 97.8 cm³/mol. The molecule has 0 amide bonds. The first kappa shape index (κ1) is 16.1. The first-order valence-electron chi connectivity index (χ1n) is 7.60. The zero-order chi connectivity index (χ0) is 16.9. The van der Waals surface area contributed by atoms with E-state index < -0.39 is 0 Å². The van der Waals surface area contributed by atoms with E-state index >= 15 is 0 Å². The van der Waals surface area contributed by atoms with Gasteiger partial charge in [-0.2, -0.15) is 0 Å². The van der Waals surface area contributed by atoms with Gasteiger partial charge in [0.25, 0.3) is 0 Å². The molecule has 3 nitrogen and oxygen atoms in total. The van der Waals surface area contributed by atoms with E-state index in [1.54, 1.807) is 12.3 Å². The van der Waals surface area contributed by atoms with Gasteiger partial charge in [-0.3, -0.25) is 0 Å². The molecule has 1 heterocycles. The first-order chi connectivity index (χ1) is 11.6. The van der Waals surface area contributed by atoms with E-state index in [0.29, 0.717) is 11.3 Å². The van der Waals surface area contributed by atoms with Crippen LogP contribution in [0.1, 0.15) is 32.1 Å². The van der Waals surface area contributed by atoms with E-state index in [9.17, 15) is 4.79 Å². The number of hydrogen-bond acceptors (Lipinski definition) is 4. The van der Waals surface area contributed by atoms with E-state index in [0.717, 1.165) is 21.7 Å². The Bertz CT molecular complexity index is 882. The van der Waals surface area contributed by atoms with Gasteiger partial charge in [-0.05, 0) is 31.0 Å². The monoisotopic (exact) mass is 335 g/mol. The molecule has 1 aromatic heterocycles. The lowest BCUT2D eigenvalue weighted by molar-refractivity contribution is 0.0693. The van der Waals surface area contributed by atoms with Crippen molar-refractivity contribution in [3.63, 3.8) is 0 Å². The van der Waals surface area contributed by atoms with Crippen molar-refractivity contribution in [3.05, 3.63) is 87.4 Å². The van der Waals surface area contributed by atoms with Crippen LogP contribution in [0.25, 0.3) is 11.8 Å². The summed E-state index contributed by atoms with van der Waals surface area (Å²) >= 11 is 1.50. The Balaban J connectivity index is 1.99. The largest absolute Gasteiger partial charge is 0.422 e. The molecule has 0 atom stereocenters. The second-order valence-corrected chi connectivity index (χ2v) is 6.32. The molecule has 2 aromatic carbocycles. The highest BCUT2D eigenvalue weighted by Gasteiger charge is 2.15. The number of thiazole rings is 1. The summed E-state index contributed by atoms with van der Waals surface area (Å²) in [5.41, 5.74) is 3.38. The van der Waals surface area contributed by atoms with Crippen LogP contribution in [0, 0.1) is 13.8 Å². The number of hydrogen-bond donors (Lipinski definition) is 0. The van der Waals surface area contributed by atoms with Crippen LogP contribution in [0.4, 0.5) is 0 Å². The van der Waals surface area contributed by atoms with E-state index in [-0.39, 0.29) is 5.97 Å². The smallest absolute Gasteiger partial charge is 0.343 e. The topological polar surface area (TPSA) is 39.2 Å².